The molecular weight excluding hydrogens is 164 g/mol. The largest absolute Gasteiger partial charge is 0.392 e. The summed E-state index contributed by atoms with van der Waals surface area (Å²) in [6.07, 6.45) is 3.96. The van der Waals surface area contributed by atoms with Gasteiger partial charge in [0.2, 0.25) is 0 Å². The number of aliphatic hydroxyl groups excluding tert-OH is 1. The minimum absolute atomic E-state index is 0.0541. The summed E-state index contributed by atoms with van der Waals surface area (Å²) in [4.78, 5) is 10.1. The number of aryl methyl sites for hydroxylation is 1. The van der Waals surface area contributed by atoms with Gasteiger partial charge in [0.15, 0.2) is 0 Å². The average molecular weight is 176 g/mol. The summed E-state index contributed by atoms with van der Waals surface area (Å²) in [6.45, 7) is 2.00. The fourth-order valence-corrected chi connectivity index (χ4v) is 1.17. The van der Waals surface area contributed by atoms with Crippen LogP contribution in [0.5, 0.6) is 0 Å². The number of hydrogen-bond acceptors (Lipinski definition) is 2. The molecule has 0 atom stereocenters. The molecule has 0 spiro atoms. The fourth-order valence-electron chi connectivity index (χ4n) is 1.17. The molecule has 0 saturated carbocycles. The van der Waals surface area contributed by atoms with Crippen LogP contribution in [0.25, 0.3) is 6.08 Å². The zero-order valence-corrected chi connectivity index (χ0v) is 7.53. The molecule has 68 valence electrons. The Kier molecular flexibility index (Phi) is 3.41. The third-order valence-corrected chi connectivity index (χ3v) is 1.87. The molecule has 0 aliphatic rings. The van der Waals surface area contributed by atoms with Crippen molar-refractivity contribution < 1.29 is 9.90 Å². The van der Waals surface area contributed by atoms with Gasteiger partial charge in [-0.15, -0.1) is 0 Å². The highest BCUT2D eigenvalue weighted by Gasteiger charge is 1.95. The second kappa shape index (κ2) is 4.58. The molecule has 1 N–H and O–H groups in total. The third-order valence-electron chi connectivity index (χ3n) is 1.87. The van der Waals surface area contributed by atoms with E-state index in [1.807, 2.05) is 25.1 Å². The first-order chi connectivity index (χ1) is 6.27. The lowest BCUT2D eigenvalue weighted by Crippen LogP contribution is -1.86. The van der Waals surface area contributed by atoms with Crippen LogP contribution in [0.3, 0.4) is 0 Å². The van der Waals surface area contributed by atoms with E-state index in [1.54, 1.807) is 6.08 Å². The molecule has 0 bridgehead atoms. The molecule has 0 aromatic heterocycles. The summed E-state index contributed by atoms with van der Waals surface area (Å²) in [7, 11) is 0. The Labute approximate surface area is 77.5 Å². The Balaban J connectivity index is 2.98. The Morgan fingerprint density at radius 2 is 2.23 bits per heavy atom. The van der Waals surface area contributed by atoms with Crippen molar-refractivity contribution in [2.45, 2.75) is 13.5 Å². The van der Waals surface area contributed by atoms with Gasteiger partial charge in [0, 0.05) is 0 Å². The van der Waals surface area contributed by atoms with Crippen LogP contribution in [0.15, 0.2) is 24.3 Å². The zero-order valence-electron chi connectivity index (χ0n) is 7.53. The molecule has 1 aromatic rings. The van der Waals surface area contributed by atoms with E-state index in [1.165, 1.54) is 6.08 Å². The number of aliphatic hydroxyl groups is 1. The molecular formula is C11H12O2. The highest BCUT2D eigenvalue weighted by molar-refractivity contribution is 5.74. The van der Waals surface area contributed by atoms with Crippen molar-refractivity contribution in [3.63, 3.8) is 0 Å². The van der Waals surface area contributed by atoms with Crippen molar-refractivity contribution in [2.24, 2.45) is 0 Å². The Morgan fingerprint density at radius 1 is 1.46 bits per heavy atom. The normalized spacial score (nSPS) is 10.6. The number of allylic oxidation sites excluding steroid dienone is 1. The summed E-state index contributed by atoms with van der Waals surface area (Å²) >= 11 is 0. The fraction of sp³-hybridized carbons (Fsp3) is 0.182. The van der Waals surface area contributed by atoms with Crippen molar-refractivity contribution in [2.75, 3.05) is 0 Å². The molecule has 2 heteroatoms. The SMILES string of the molecule is Cc1cc(CO)ccc1C=CC=O. The van der Waals surface area contributed by atoms with Crippen LogP contribution in [0.1, 0.15) is 16.7 Å². The predicted octanol–water partition coefficient (Wildman–Crippen LogP) is 1.70. The number of aldehydes is 1. The standard InChI is InChI=1S/C11H12O2/c1-9-7-10(8-13)4-5-11(9)3-2-6-12/h2-7,13H,8H2,1H3. The first kappa shape index (κ1) is 9.68. The predicted molar refractivity (Wildman–Crippen MR) is 52.2 cm³/mol. The number of carbonyl (C=O) groups is 1. The molecule has 2 nitrogen and oxygen atoms in total. The summed E-state index contributed by atoms with van der Waals surface area (Å²) in [5.74, 6) is 0. The molecule has 0 radical (unpaired) electrons. The molecule has 0 heterocycles. The summed E-state index contributed by atoms with van der Waals surface area (Å²) < 4.78 is 0. The van der Waals surface area contributed by atoms with Crippen LogP contribution < -0.4 is 0 Å². The highest BCUT2D eigenvalue weighted by Crippen LogP contribution is 2.12. The van der Waals surface area contributed by atoms with Crippen molar-refractivity contribution in [1.29, 1.82) is 0 Å². The molecule has 0 saturated heterocycles. The van der Waals surface area contributed by atoms with Crippen LogP contribution in [0, 0.1) is 6.92 Å². The molecule has 1 rings (SSSR count). The molecule has 0 aliphatic carbocycles. The van der Waals surface area contributed by atoms with Gasteiger partial charge >= 0.3 is 0 Å². The van der Waals surface area contributed by atoms with E-state index in [0.29, 0.717) is 0 Å². The van der Waals surface area contributed by atoms with Crippen LogP contribution in [-0.4, -0.2) is 11.4 Å². The Bertz CT molecular complexity index is 327. The van der Waals surface area contributed by atoms with Gasteiger partial charge in [-0.1, -0.05) is 24.3 Å². The highest BCUT2D eigenvalue weighted by atomic mass is 16.3. The van der Waals surface area contributed by atoms with Crippen molar-refractivity contribution in [3.05, 3.63) is 41.0 Å². The quantitative estimate of drug-likeness (QED) is 0.562. The number of benzene rings is 1. The Morgan fingerprint density at radius 3 is 2.77 bits per heavy atom. The topological polar surface area (TPSA) is 37.3 Å². The van der Waals surface area contributed by atoms with Crippen molar-refractivity contribution in [1.82, 2.24) is 0 Å². The van der Waals surface area contributed by atoms with E-state index in [2.05, 4.69) is 0 Å². The number of hydrogen-bond donors (Lipinski definition) is 1. The molecule has 13 heavy (non-hydrogen) atoms. The lowest BCUT2D eigenvalue weighted by molar-refractivity contribution is -0.104. The summed E-state index contributed by atoms with van der Waals surface area (Å²) in [6, 6.07) is 5.64. The van der Waals surface area contributed by atoms with Crippen LogP contribution in [0.2, 0.25) is 0 Å². The van der Waals surface area contributed by atoms with E-state index >= 15 is 0 Å². The lowest BCUT2D eigenvalue weighted by atomic mass is 10.1. The second-order valence-corrected chi connectivity index (χ2v) is 2.84. The average Bonchev–Trinajstić information content (AvgIpc) is 2.16. The number of carbonyl (C=O) groups excluding carboxylic acids is 1. The molecule has 1 aromatic carbocycles. The third kappa shape index (κ3) is 2.53. The van der Waals surface area contributed by atoms with Gasteiger partial charge in [0.25, 0.3) is 0 Å². The molecule has 0 amide bonds. The minimum Gasteiger partial charge on any atom is -0.392 e. The maximum atomic E-state index is 10.1. The minimum atomic E-state index is 0.0541. The van der Waals surface area contributed by atoms with Gasteiger partial charge in [0.05, 0.1) is 6.61 Å². The van der Waals surface area contributed by atoms with Gasteiger partial charge in [-0.3, -0.25) is 4.79 Å². The van der Waals surface area contributed by atoms with Gasteiger partial charge in [-0.2, -0.15) is 0 Å². The van der Waals surface area contributed by atoms with Crippen molar-refractivity contribution >= 4 is 12.4 Å². The first-order valence-electron chi connectivity index (χ1n) is 4.10. The maximum Gasteiger partial charge on any atom is 0.142 e. The van der Waals surface area contributed by atoms with Gasteiger partial charge in [0.1, 0.15) is 6.29 Å². The van der Waals surface area contributed by atoms with E-state index in [-0.39, 0.29) is 6.61 Å². The zero-order chi connectivity index (χ0) is 9.68. The molecule has 0 fully saturated rings. The van der Waals surface area contributed by atoms with E-state index in [9.17, 15) is 4.79 Å². The number of rotatable bonds is 3. The van der Waals surface area contributed by atoms with Gasteiger partial charge in [-0.05, 0) is 29.7 Å². The second-order valence-electron chi connectivity index (χ2n) is 2.84. The van der Waals surface area contributed by atoms with Gasteiger partial charge < -0.3 is 5.11 Å². The van der Waals surface area contributed by atoms with Gasteiger partial charge in [-0.25, -0.2) is 0 Å². The van der Waals surface area contributed by atoms with E-state index in [4.69, 9.17) is 5.11 Å². The Hall–Kier alpha value is -1.41. The van der Waals surface area contributed by atoms with Crippen LogP contribution >= 0.6 is 0 Å². The van der Waals surface area contributed by atoms with Crippen molar-refractivity contribution in [3.8, 4) is 0 Å². The molecule has 0 unspecified atom stereocenters. The monoisotopic (exact) mass is 176 g/mol. The van der Waals surface area contributed by atoms with E-state index < -0.39 is 0 Å². The summed E-state index contributed by atoms with van der Waals surface area (Å²) in [5.41, 5.74) is 2.95. The first-order valence-corrected chi connectivity index (χ1v) is 4.10. The maximum absolute atomic E-state index is 10.1. The smallest absolute Gasteiger partial charge is 0.142 e. The van der Waals surface area contributed by atoms with Crippen LogP contribution in [-0.2, 0) is 11.4 Å². The lowest BCUT2D eigenvalue weighted by Gasteiger charge is -2.02. The van der Waals surface area contributed by atoms with E-state index in [0.717, 1.165) is 23.0 Å². The molecule has 0 aliphatic heterocycles. The summed E-state index contributed by atoms with van der Waals surface area (Å²) in [5, 5.41) is 8.85. The van der Waals surface area contributed by atoms with Crippen LogP contribution in [0.4, 0.5) is 0 Å².